The van der Waals surface area contributed by atoms with Gasteiger partial charge in [-0.3, -0.25) is 0 Å². The van der Waals surface area contributed by atoms with Crippen molar-refractivity contribution >= 4 is 55.0 Å². The molecule has 2 aliphatic heterocycles. The number of rotatable bonds is 5. The van der Waals surface area contributed by atoms with Crippen molar-refractivity contribution in [3.63, 3.8) is 0 Å². The smallest absolute Gasteiger partial charge is 0.136 e. The summed E-state index contributed by atoms with van der Waals surface area (Å²) < 4.78 is 13.2. The molecular formula is C36H34O2. The molecule has 0 aromatic heterocycles. The van der Waals surface area contributed by atoms with E-state index in [9.17, 15) is 0 Å². The van der Waals surface area contributed by atoms with E-state index in [4.69, 9.17) is 8.83 Å². The van der Waals surface area contributed by atoms with Gasteiger partial charge in [0.15, 0.2) is 0 Å². The van der Waals surface area contributed by atoms with Crippen molar-refractivity contribution in [2.75, 3.05) is 0 Å². The summed E-state index contributed by atoms with van der Waals surface area (Å²) in [7, 11) is 0. The summed E-state index contributed by atoms with van der Waals surface area (Å²) in [5, 5.41) is 4.64. The minimum absolute atomic E-state index is 0.902. The second-order valence-electron chi connectivity index (χ2n) is 9.81. The SMILES string of the molecule is C/C=C\C(=C/CCC)c1cc2ccc3oc4cc(C5=CCCC=C5)cc5ccc6oc(c1)c2c3-c6c54.CC. The average Bonchev–Trinajstić information content (AvgIpc) is 2.97. The van der Waals surface area contributed by atoms with Crippen LogP contribution in [-0.2, 0) is 0 Å². The van der Waals surface area contributed by atoms with Crippen LogP contribution in [-0.4, -0.2) is 0 Å². The fraction of sp³-hybridized carbons (Fsp3) is 0.222. The molecule has 0 radical (unpaired) electrons. The second-order valence-corrected chi connectivity index (χ2v) is 9.81. The number of unbranched alkanes of at least 4 members (excludes halogenated alkanes) is 1. The van der Waals surface area contributed by atoms with Crippen LogP contribution in [0.4, 0.5) is 0 Å². The molecule has 2 heterocycles. The Morgan fingerprint density at radius 2 is 1.50 bits per heavy atom. The summed E-state index contributed by atoms with van der Waals surface area (Å²) in [6, 6.07) is 17.5. The monoisotopic (exact) mass is 498 g/mol. The maximum Gasteiger partial charge on any atom is 0.136 e. The molecule has 3 aliphatic rings. The average molecular weight is 499 g/mol. The molecule has 0 saturated carbocycles. The van der Waals surface area contributed by atoms with Crippen molar-refractivity contribution in [1.29, 1.82) is 0 Å². The maximum atomic E-state index is 6.63. The first-order valence-corrected chi connectivity index (χ1v) is 14.0. The molecule has 4 aromatic rings. The van der Waals surface area contributed by atoms with Crippen LogP contribution >= 0.6 is 0 Å². The van der Waals surface area contributed by atoms with Gasteiger partial charge in [-0.2, -0.15) is 0 Å². The van der Waals surface area contributed by atoms with Crippen molar-refractivity contribution in [2.45, 2.75) is 53.4 Å². The highest BCUT2D eigenvalue weighted by atomic mass is 16.3. The molecule has 38 heavy (non-hydrogen) atoms. The minimum atomic E-state index is 0.902. The summed E-state index contributed by atoms with van der Waals surface area (Å²) >= 11 is 0. The lowest BCUT2D eigenvalue weighted by atomic mass is 9.87. The lowest BCUT2D eigenvalue weighted by Gasteiger charge is -2.21. The normalized spacial score (nSPS) is 14.4. The molecule has 0 fully saturated rings. The summed E-state index contributed by atoms with van der Waals surface area (Å²) in [4.78, 5) is 0. The van der Waals surface area contributed by atoms with Crippen LogP contribution in [0.1, 0.15) is 64.5 Å². The van der Waals surface area contributed by atoms with E-state index < -0.39 is 0 Å². The Kier molecular flexibility index (Phi) is 6.41. The first-order valence-electron chi connectivity index (χ1n) is 14.0. The lowest BCUT2D eigenvalue weighted by molar-refractivity contribution is 0.646. The van der Waals surface area contributed by atoms with E-state index in [1.54, 1.807) is 0 Å². The Morgan fingerprint density at radius 3 is 2.13 bits per heavy atom. The number of allylic oxidation sites excluding steroid dienone is 8. The van der Waals surface area contributed by atoms with E-state index in [1.165, 1.54) is 33.0 Å². The molecule has 7 rings (SSSR count). The van der Waals surface area contributed by atoms with E-state index in [0.29, 0.717) is 0 Å². The number of hydrogen-bond donors (Lipinski definition) is 0. The quantitative estimate of drug-likeness (QED) is 0.134. The highest BCUT2D eigenvalue weighted by Gasteiger charge is 2.25. The van der Waals surface area contributed by atoms with Crippen LogP contribution in [0, 0.1) is 0 Å². The third-order valence-corrected chi connectivity index (χ3v) is 7.44. The van der Waals surface area contributed by atoms with Gasteiger partial charge in [0.25, 0.3) is 0 Å². The van der Waals surface area contributed by atoms with Gasteiger partial charge in [0, 0.05) is 21.9 Å². The summed E-state index contributed by atoms with van der Waals surface area (Å²) in [6.45, 7) is 8.28. The first-order chi connectivity index (χ1) is 18.7. The van der Waals surface area contributed by atoms with Gasteiger partial charge in [0.2, 0.25) is 0 Å². The molecule has 0 N–H and O–H groups in total. The third kappa shape index (κ3) is 3.87. The predicted molar refractivity (Wildman–Crippen MR) is 164 cm³/mol. The van der Waals surface area contributed by atoms with Crippen molar-refractivity contribution in [2.24, 2.45) is 0 Å². The van der Waals surface area contributed by atoms with Gasteiger partial charge in [0.05, 0.1) is 0 Å². The van der Waals surface area contributed by atoms with E-state index in [0.717, 1.165) is 69.9 Å². The van der Waals surface area contributed by atoms with Crippen molar-refractivity contribution in [3.8, 4) is 11.1 Å². The van der Waals surface area contributed by atoms with Gasteiger partial charge < -0.3 is 8.83 Å². The second kappa shape index (κ2) is 10.0. The van der Waals surface area contributed by atoms with Crippen LogP contribution in [0.5, 0.6) is 0 Å². The minimum Gasteiger partial charge on any atom is -0.456 e. The maximum absolute atomic E-state index is 6.63. The van der Waals surface area contributed by atoms with Crippen LogP contribution in [0.3, 0.4) is 0 Å². The van der Waals surface area contributed by atoms with Crippen LogP contribution in [0.2, 0.25) is 0 Å². The Hall–Kier alpha value is -4.04. The lowest BCUT2D eigenvalue weighted by Crippen LogP contribution is -1.96. The molecule has 4 aromatic carbocycles. The topological polar surface area (TPSA) is 26.3 Å². The van der Waals surface area contributed by atoms with Gasteiger partial charge in [-0.25, -0.2) is 0 Å². The summed E-state index contributed by atoms with van der Waals surface area (Å²) in [6.07, 6.45) is 17.8. The van der Waals surface area contributed by atoms with Crippen LogP contribution in [0.15, 0.2) is 93.8 Å². The van der Waals surface area contributed by atoms with Gasteiger partial charge in [0.1, 0.15) is 22.3 Å². The molecule has 190 valence electrons. The molecule has 0 amide bonds. The highest BCUT2D eigenvalue weighted by Crippen LogP contribution is 2.49. The van der Waals surface area contributed by atoms with Gasteiger partial charge in [-0.05, 0) is 95.6 Å². The Bertz CT molecular complexity index is 1850. The van der Waals surface area contributed by atoms with Gasteiger partial charge in [-0.15, -0.1) is 0 Å². The zero-order valence-electron chi connectivity index (χ0n) is 22.7. The van der Waals surface area contributed by atoms with E-state index in [1.807, 2.05) is 13.8 Å². The third-order valence-electron chi connectivity index (χ3n) is 7.44. The molecule has 0 saturated heterocycles. The molecule has 0 unspecified atom stereocenters. The molecule has 2 heteroatoms. The summed E-state index contributed by atoms with van der Waals surface area (Å²) in [5.74, 6) is 0. The number of benzene rings is 4. The molecule has 0 bridgehead atoms. The van der Waals surface area contributed by atoms with Gasteiger partial charge in [-0.1, -0.05) is 75.8 Å². The zero-order valence-corrected chi connectivity index (χ0v) is 22.7. The Balaban J connectivity index is 0.00000129. The largest absolute Gasteiger partial charge is 0.456 e. The van der Waals surface area contributed by atoms with E-state index in [-0.39, 0.29) is 0 Å². The highest BCUT2D eigenvalue weighted by molar-refractivity contribution is 6.24. The van der Waals surface area contributed by atoms with Gasteiger partial charge >= 0.3 is 0 Å². The first kappa shape index (κ1) is 24.3. The predicted octanol–water partition coefficient (Wildman–Crippen LogP) is 11.5. The van der Waals surface area contributed by atoms with Crippen LogP contribution < -0.4 is 0 Å². The molecule has 2 nitrogen and oxygen atoms in total. The van der Waals surface area contributed by atoms with Crippen LogP contribution in [0.25, 0.3) is 66.2 Å². The fourth-order valence-corrected chi connectivity index (χ4v) is 5.80. The standard InChI is InChI=1S/C34H28O2.C2H6/c1-3-5-10-21(9-4-2)25-17-23-13-15-28-33-31(23)29(19-25)35-27-16-14-24-18-26(22-11-7-6-8-12-22)20-30(36-28)32(24)34(27)33;1-2/h4,7,9-20H,3,5-6,8H2,1-2H3;1-2H3/b9-4-,21-10+;. The molecule has 0 atom stereocenters. The molecular weight excluding hydrogens is 464 g/mol. The number of hydrogen-bond acceptors (Lipinski definition) is 2. The van der Waals surface area contributed by atoms with E-state index in [2.05, 4.69) is 98.8 Å². The Morgan fingerprint density at radius 1 is 0.816 bits per heavy atom. The molecule has 0 spiro atoms. The summed E-state index contributed by atoms with van der Waals surface area (Å²) in [5.41, 5.74) is 10.8. The van der Waals surface area contributed by atoms with Crippen molar-refractivity contribution in [3.05, 3.63) is 96.1 Å². The molecule has 1 aliphatic carbocycles. The van der Waals surface area contributed by atoms with Crippen molar-refractivity contribution in [1.82, 2.24) is 0 Å². The zero-order chi connectivity index (χ0) is 26.2. The van der Waals surface area contributed by atoms with Crippen molar-refractivity contribution < 1.29 is 8.83 Å². The Labute approximate surface area is 224 Å². The van der Waals surface area contributed by atoms with E-state index >= 15 is 0 Å². The fourth-order valence-electron chi connectivity index (χ4n) is 5.80.